The molecule has 0 amide bonds. The number of hydrogen-bond donors (Lipinski definition) is 1. The molecular weight excluding hydrogens is 248 g/mol. The lowest BCUT2D eigenvalue weighted by atomic mass is 10.0. The zero-order valence-electron chi connectivity index (χ0n) is 11.5. The molecule has 0 saturated carbocycles. The summed E-state index contributed by atoms with van der Waals surface area (Å²) in [5.41, 5.74) is 3.18. The maximum atomic E-state index is 10.0. The second-order valence-electron chi connectivity index (χ2n) is 5.07. The lowest BCUT2D eigenvalue weighted by Crippen LogP contribution is -1.93. The quantitative estimate of drug-likeness (QED) is 0.726. The highest BCUT2D eigenvalue weighted by Crippen LogP contribution is 2.30. The Morgan fingerprint density at radius 2 is 1.80 bits per heavy atom. The van der Waals surface area contributed by atoms with Gasteiger partial charge in [-0.05, 0) is 35.7 Å². The maximum Gasteiger partial charge on any atom is 0.134 e. The average molecular weight is 266 g/mol. The first-order valence-electron chi connectivity index (χ1n) is 7.05. The van der Waals surface area contributed by atoms with Crippen molar-refractivity contribution >= 4 is 11.0 Å². The number of fused-ring (bicyclic) bond motifs is 1. The molecule has 20 heavy (non-hydrogen) atoms. The molecule has 102 valence electrons. The lowest BCUT2D eigenvalue weighted by molar-refractivity contribution is 0.141. The minimum atomic E-state index is -0.507. The monoisotopic (exact) mass is 266 g/mol. The smallest absolute Gasteiger partial charge is 0.134 e. The van der Waals surface area contributed by atoms with Crippen LogP contribution >= 0.6 is 0 Å². The van der Waals surface area contributed by atoms with Crippen molar-refractivity contribution in [2.75, 3.05) is 0 Å². The number of furan rings is 1. The summed E-state index contributed by atoms with van der Waals surface area (Å²) in [5.74, 6) is 0.659. The van der Waals surface area contributed by atoms with Crippen molar-refractivity contribution in [1.29, 1.82) is 0 Å². The van der Waals surface area contributed by atoms with Gasteiger partial charge < -0.3 is 9.52 Å². The molecule has 1 aromatic heterocycles. The third-order valence-electron chi connectivity index (χ3n) is 3.53. The van der Waals surface area contributed by atoms with E-state index in [1.54, 1.807) is 0 Å². The normalized spacial score (nSPS) is 12.7. The van der Waals surface area contributed by atoms with Gasteiger partial charge in [0.05, 0.1) is 0 Å². The molecule has 0 aliphatic heterocycles. The van der Waals surface area contributed by atoms with Gasteiger partial charge in [0.1, 0.15) is 17.4 Å². The van der Waals surface area contributed by atoms with Crippen LogP contribution < -0.4 is 0 Å². The Balaban J connectivity index is 1.99. The molecular formula is C18H18O2. The lowest BCUT2D eigenvalue weighted by Gasteiger charge is -2.03. The third kappa shape index (κ3) is 2.47. The van der Waals surface area contributed by atoms with Crippen molar-refractivity contribution in [3.63, 3.8) is 0 Å². The highest BCUT2D eigenvalue weighted by atomic mass is 16.4. The predicted molar refractivity (Wildman–Crippen MR) is 81.5 cm³/mol. The maximum absolute atomic E-state index is 10.0. The summed E-state index contributed by atoms with van der Waals surface area (Å²) >= 11 is 0. The van der Waals surface area contributed by atoms with Crippen molar-refractivity contribution in [2.24, 2.45) is 0 Å². The van der Waals surface area contributed by atoms with Crippen LogP contribution in [-0.4, -0.2) is 5.11 Å². The molecule has 1 N–H and O–H groups in total. The fourth-order valence-electron chi connectivity index (χ4n) is 2.45. The summed E-state index contributed by atoms with van der Waals surface area (Å²) in [7, 11) is 0. The van der Waals surface area contributed by atoms with E-state index in [2.05, 4.69) is 31.2 Å². The number of benzene rings is 2. The molecule has 0 bridgehead atoms. The van der Waals surface area contributed by atoms with Gasteiger partial charge in [-0.1, -0.05) is 49.7 Å². The van der Waals surface area contributed by atoms with E-state index in [9.17, 15) is 5.11 Å². The van der Waals surface area contributed by atoms with E-state index < -0.39 is 6.10 Å². The van der Waals surface area contributed by atoms with Crippen molar-refractivity contribution in [3.8, 4) is 11.1 Å². The van der Waals surface area contributed by atoms with E-state index in [0.29, 0.717) is 5.76 Å². The second-order valence-corrected chi connectivity index (χ2v) is 5.07. The molecule has 2 aromatic carbocycles. The fraction of sp³-hybridized carbons (Fsp3) is 0.222. The molecule has 1 atom stereocenters. The van der Waals surface area contributed by atoms with E-state index >= 15 is 0 Å². The van der Waals surface area contributed by atoms with Gasteiger partial charge in [0.2, 0.25) is 0 Å². The van der Waals surface area contributed by atoms with Crippen LogP contribution in [-0.2, 0) is 0 Å². The summed E-state index contributed by atoms with van der Waals surface area (Å²) in [5, 5.41) is 11.1. The van der Waals surface area contributed by atoms with Gasteiger partial charge in [-0.2, -0.15) is 0 Å². The molecule has 0 fully saturated rings. The van der Waals surface area contributed by atoms with E-state index in [0.717, 1.165) is 29.4 Å². The van der Waals surface area contributed by atoms with E-state index in [1.807, 2.05) is 30.3 Å². The third-order valence-corrected chi connectivity index (χ3v) is 3.53. The summed E-state index contributed by atoms with van der Waals surface area (Å²) in [4.78, 5) is 0. The molecule has 0 aliphatic rings. The molecule has 1 heterocycles. The fourth-order valence-corrected chi connectivity index (χ4v) is 2.45. The zero-order chi connectivity index (χ0) is 13.9. The number of aliphatic hydroxyl groups excluding tert-OH is 1. The Hall–Kier alpha value is -2.06. The number of aliphatic hydroxyl groups is 1. The van der Waals surface area contributed by atoms with Crippen LogP contribution in [0.4, 0.5) is 0 Å². The Bertz CT molecular complexity index is 698. The average Bonchev–Trinajstić information content (AvgIpc) is 2.91. The van der Waals surface area contributed by atoms with Gasteiger partial charge in [0, 0.05) is 5.39 Å². The van der Waals surface area contributed by atoms with Crippen LogP contribution in [0.1, 0.15) is 31.6 Å². The SMILES string of the molecule is CCCC(O)c1cc2cc(-c3ccccc3)ccc2o1. The molecule has 3 rings (SSSR count). The molecule has 0 saturated heterocycles. The molecule has 3 aromatic rings. The first-order valence-corrected chi connectivity index (χ1v) is 7.05. The van der Waals surface area contributed by atoms with Crippen LogP contribution in [0.3, 0.4) is 0 Å². The molecule has 0 radical (unpaired) electrons. The summed E-state index contributed by atoms with van der Waals surface area (Å²) in [6, 6.07) is 18.3. The van der Waals surface area contributed by atoms with Crippen LogP contribution in [0, 0.1) is 0 Å². The zero-order valence-corrected chi connectivity index (χ0v) is 11.5. The van der Waals surface area contributed by atoms with Gasteiger partial charge in [0.25, 0.3) is 0 Å². The van der Waals surface area contributed by atoms with Crippen molar-refractivity contribution in [1.82, 2.24) is 0 Å². The highest BCUT2D eigenvalue weighted by Gasteiger charge is 2.12. The molecule has 1 unspecified atom stereocenters. The molecule has 0 spiro atoms. The Kier molecular flexibility index (Phi) is 3.57. The van der Waals surface area contributed by atoms with Crippen LogP contribution in [0.15, 0.2) is 59.0 Å². The number of hydrogen-bond acceptors (Lipinski definition) is 2. The van der Waals surface area contributed by atoms with E-state index in [1.165, 1.54) is 5.56 Å². The minimum Gasteiger partial charge on any atom is -0.458 e. The van der Waals surface area contributed by atoms with Crippen molar-refractivity contribution < 1.29 is 9.52 Å². The molecule has 0 aliphatic carbocycles. The summed E-state index contributed by atoms with van der Waals surface area (Å²) in [6.07, 6.45) is 1.16. The van der Waals surface area contributed by atoms with E-state index in [4.69, 9.17) is 4.42 Å². The molecule has 2 heteroatoms. The topological polar surface area (TPSA) is 33.4 Å². The number of rotatable bonds is 4. The van der Waals surface area contributed by atoms with Gasteiger partial charge in [-0.25, -0.2) is 0 Å². The Labute approximate surface area is 118 Å². The first-order chi connectivity index (χ1) is 9.78. The minimum absolute atomic E-state index is 0.507. The predicted octanol–water partition coefficient (Wildman–Crippen LogP) is 4.93. The van der Waals surface area contributed by atoms with Crippen LogP contribution in [0.25, 0.3) is 22.1 Å². The van der Waals surface area contributed by atoms with Gasteiger partial charge in [-0.15, -0.1) is 0 Å². The Morgan fingerprint density at radius 1 is 1.00 bits per heavy atom. The summed E-state index contributed by atoms with van der Waals surface area (Å²) < 4.78 is 5.72. The van der Waals surface area contributed by atoms with Crippen molar-refractivity contribution in [2.45, 2.75) is 25.9 Å². The van der Waals surface area contributed by atoms with Gasteiger partial charge in [0.15, 0.2) is 0 Å². The van der Waals surface area contributed by atoms with Gasteiger partial charge >= 0.3 is 0 Å². The van der Waals surface area contributed by atoms with Crippen molar-refractivity contribution in [3.05, 3.63) is 60.4 Å². The van der Waals surface area contributed by atoms with Gasteiger partial charge in [-0.3, -0.25) is 0 Å². The molecule has 2 nitrogen and oxygen atoms in total. The first kappa shape index (κ1) is 12.9. The van der Waals surface area contributed by atoms with Crippen LogP contribution in [0.2, 0.25) is 0 Å². The largest absolute Gasteiger partial charge is 0.458 e. The Morgan fingerprint density at radius 3 is 2.55 bits per heavy atom. The second kappa shape index (κ2) is 5.51. The van der Waals surface area contributed by atoms with E-state index in [-0.39, 0.29) is 0 Å². The standard InChI is InChI=1S/C18H18O2/c1-2-6-16(19)18-12-15-11-14(9-10-17(15)20-18)13-7-4-3-5-8-13/h3-5,7-12,16,19H,2,6H2,1H3. The summed E-state index contributed by atoms with van der Waals surface area (Å²) in [6.45, 7) is 2.05. The highest BCUT2D eigenvalue weighted by molar-refractivity contribution is 5.84. The van der Waals surface area contributed by atoms with Crippen LogP contribution in [0.5, 0.6) is 0 Å².